The largest absolute Gasteiger partial charge is 0.455 e. The Labute approximate surface area is 166 Å². The van der Waals surface area contributed by atoms with Gasteiger partial charge < -0.3 is 4.74 Å². The number of aromatic nitrogens is 1. The normalized spacial score (nSPS) is 10.6. The van der Waals surface area contributed by atoms with Gasteiger partial charge in [0.15, 0.2) is 5.13 Å². The summed E-state index contributed by atoms with van der Waals surface area (Å²) in [5, 5.41) is 2.20. The fourth-order valence-electron chi connectivity index (χ4n) is 2.86. The standard InChI is InChI=1S/C21H19FN2O3S/c1-13-7-6-8-14(2)19(13)24(15(3)25)21-23-16(12-28-21)11-27-20(26)17-9-4-5-10-18(17)22/h4-10,12H,11H2,1-3H3. The molecule has 0 saturated heterocycles. The summed E-state index contributed by atoms with van der Waals surface area (Å²) in [4.78, 5) is 30.3. The first-order valence-corrected chi connectivity index (χ1v) is 9.49. The zero-order valence-corrected chi connectivity index (χ0v) is 16.5. The van der Waals surface area contributed by atoms with Crippen LogP contribution in [0.25, 0.3) is 0 Å². The van der Waals surface area contributed by atoms with Crippen LogP contribution in [0.15, 0.2) is 47.8 Å². The Morgan fingerprint density at radius 3 is 2.43 bits per heavy atom. The summed E-state index contributed by atoms with van der Waals surface area (Å²) in [6.07, 6.45) is 0. The molecule has 0 aliphatic heterocycles. The third-order valence-corrected chi connectivity index (χ3v) is 5.03. The van der Waals surface area contributed by atoms with Gasteiger partial charge in [0.1, 0.15) is 12.4 Å². The van der Waals surface area contributed by atoms with E-state index in [1.807, 2.05) is 32.0 Å². The van der Waals surface area contributed by atoms with Crippen LogP contribution in [0.4, 0.5) is 15.2 Å². The minimum absolute atomic E-state index is 0.109. The highest BCUT2D eigenvalue weighted by atomic mass is 32.1. The molecule has 5 nitrogen and oxygen atoms in total. The van der Waals surface area contributed by atoms with Crippen LogP contribution in [0.5, 0.6) is 0 Å². The van der Waals surface area contributed by atoms with Crippen molar-refractivity contribution in [2.24, 2.45) is 0 Å². The number of anilines is 2. The molecule has 0 spiro atoms. The number of carbonyl (C=O) groups is 2. The summed E-state index contributed by atoms with van der Waals surface area (Å²) in [5.74, 6) is -1.56. The second-order valence-electron chi connectivity index (χ2n) is 6.27. The maximum absolute atomic E-state index is 13.7. The van der Waals surface area contributed by atoms with Crippen molar-refractivity contribution in [3.8, 4) is 0 Å². The SMILES string of the molecule is CC(=O)N(c1nc(COC(=O)c2ccccc2F)cs1)c1c(C)cccc1C. The quantitative estimate of drug-likeness (QED) is 0.571. The van der Waals surface area contributed by atoms with E-state index in [9.17, 15) is 14.0 Å². The average molecular weight is 398 g/mol. The summed E-state index contributed by atoms with van der Waals surface area (Å²) in [7, 11) is 0. The molecule has 0 unspecified atom stereocenters. The fraction of sp³-hybridized carbons (Fsp3) is 0.190. The van der Waals surface area contributed by atoms with Gasteiger partial charge in [-0.1, -0.05) is 30.3 Å². The van der Waals surface area contributed by atoms with Crippen molar-refractivity contribution in [3.63, 3.8) is 0 Å². The molecule has 144 valence electrons. The number of rotatable bonds is 5. The highest BCUT2D eigenvalue weighted by molar-refractivity contribution is 7.14. The van der Waals surface area contributed by atoms with Gasteiger partial charge >= 0.3 is 5.97 Å². The van der Waals surface area contributed by atoms with Crippen molar-refractivity contribution in [2.75, 3.05) is 4.90 Å². The van der Waals surface area contributed by atoms with Crippen molar-refractivity contribution in [3.05, 3.63) is 76.0 Å². The number of hydrogen-bond donors (Lipinski definition) is 0. The number of thiazole rings is 1. The van der Waals surface area contributed by atoms with Gasteiger partial charge in [0.2, 0.25) is 5.91 Å². The van der Waals surface area contributed by atoms with E-state index in [-0.39, 0.29) is 18.1 Å². The molecular formula is C21H19FN2O3S. The van der Waals surface area contributed by atoms with E-state index in [0.29, 0.717) is 10.8 Å². The molecule has 0 aliphatic rings. The molecule has 0 saturated carbocycles. The second-order valence-corrected chi connectivity index (χ2v) is 7.11. The molecule has 0 radical (unpaired) electrons. The first kappa shape index (κ1) is 19.7. The summed E-state index contributed by atoms with van der Waals surface area (Å²) in [5.41, 5.74) is 3.07. The molecule has 1 aromatic heterocycles. The van der Waals surface area contributed by atoms with E-state index in [0.717, 1.165) is 16.8 Å². The van der Waals surface area contributed by atoms with Crippen molar-refractivity contribution in [2.45, 2.75) is 27.4 Å². The number of halogens is 1. The zero-order chi connectivity index (χ0) is 20.3. The van der Waals surface area contributed by atoms with Crippen molar-refractivity contribution < 1.29 is 18.7 Å². The molecule has 0 aliphatic carbocycles. The smallest absolute Gasteiger partial charge is 0.341 e. The van der Waals surface area contributed by atoms with Crippen LogP contribution in [-0.2, 0) is 16.1 Å². The molecule has 2 aromatic carbocycles. The molecular weight excluding hydrogens is 379 g/mol. The van der Waals surface area contributed by atoms with Gasteiger partial charge in [-0.25, -0.2) is 14.2 Å². The summed E-state index contributed by atoms with van der Waals surface area (Å²) in [6, 6.07) is 11.4. The van der Waals surface area contributed by atoms with E-state index >= 15 is 0 Å². The Morgan fingerprint density at radius 2 is 1.79 bits per heavy atom. The van der Waals surface area contributed by atoms with Gasteiger partial charge in [-0.3, -0.25) is 9.69 Å². The molecule has 0 bridgehead atoms. The molecule has 7 heteroatoms. The predicted octanol–water partition coefficient (Wildman–Crippen LogP) is 4.94. The van der Waals surface area contributed by atoms with Gasteiger partial charge in [0, 0.05) is 12.3 Å². The number of carbonyl (C=O) groups excluding carboxylic acids is 2. The van der Waals surface area contributed by atoms with Crippen molar-refractivity contribution in [1.29, 1.82) is 0 Å². The molecule has 1 heterocycles. The molecule has 28 heavy (non-hydrogen) atoms. The molecule has 3 aromatic rings. The second kappa shape index (κ2) is 8.31. The first-order chi connectivity index (χ1) is 13.4. The predicted molar refractivity (Wildman–Crippen MR) is 106 cm³/mol. The molecule has 0 N–H and O–H groups in total. The highest BCUT2D eigenvalue weighted by Gasteiger charge is 2.22. The lowest BCUT2D eigenvalue weighted by Crippen LogP contribution is -2.24. The Balaban J connectivity index is 1.79. The number of para-hydroxylation sites is 1. The Morgan fingerprint density at radius 1 is 1.11 bits per heavy atom. The van der Waals surface area contributed by atoms with Crippen LogP contribution >= 0.6 is 11.3 Å². The lowest BCUT2D eigenvalue weighted by molar-refractivity contribution is -0.115. The monoisotopic (exact) mass is 398 g/mol. The van der Waals surface area contributed by atoms with Crippen LogP contribution in [0.1, 0.15) is 34.1 Å². The third kappa shape index (κ3) is 4.09. The van der Waals surface area contributed by atoms with Crippen LogP contribution in [-0.4, -0.2) is 16.9 Å². The minimum Gasteiger partial charge on any atom is -0.455 e. The Hall–Kier alpha value is -3.06. The number of hydrogen-bond acceptors (Lipinski definition) is 5. The minimum atomic E-state index is -0.758. The highest BCUT2D eigenvalue weighted by Crippen LogP contribution is 2.33. The molecule has 3 rings (SSSR count). The lowest BCUT2D eigenvalue weighted by atomic mass is 10.1. The number of amides is 1. The van der Waals surface area contributed by atoms with Crippen molar-refractivity contribution in [1.82, 2.24) is 4.98 Å². The summed E-state index contributed by atoms with van der Waals surface area (Å²) >= 11 is 1.28. The topological polar surface area (TPSA) is 59.5 Å². The maximum Gasteiger partial charge on any atom is 0.341 e. The number of ether oxygens (including phenoxy) is 1. The van der Waals surface area contributed by atoms with Crippen LogP contribution < -0.4 is 4.90 Å². The number of esters is 1. The van der Waals surface area contributed by atoms with Gasteiger partial charge in [-0.2, -0.15) is 0 Å². The lowest BCUT2D eigenvalue weighted by Gasteiger charge is -2.22. The Bertz CT molecular complexity index is 1010. The first-order valence-electron chi connectivity index (χ1n) is 8.61. The van der Waals surface area contributed by atoms with Crippen LogP contribution in [0, 0.1) is 19.7 Å². The number of benzene rings is 2. The van der Waals surface area contributed by atoms with Gasteiger partial charge in [0.25, 0.3) is 0 Å². The van der Waals surface area contributed by atoms with Crippen LogP contribution in [0.2, 0.25) is 0 Å². The van der Waals surface area contributed by atoms with Crippen LogP contribution in [0.3, 0.4) is 0 Å². The van der Waals surface area contributed by atoms with Crippen molar-refractivity contribution >= 4 is 34.0 Å². The van der Waals surface area contributed by atoms with Gasteiger partial charge in [0.05, 0.1) is 16.9 Å². The number of nitrogens with zero attached hydrogens (tertiary/aromatic N) is 2. The van der Waals surface area contributed by atoms with Gasteiger partial charge in [-0.05, 0) is 37.1 Å². The number of aryl methyl sites for hydroxylation is 2. The summed E-state index contributed by atoms with van der Waals surface area (Å²) < 4.78 is 18.8. The maximum atomic E-state index is 13.7. The van der Waals surface area contributed by atoms with E-state index in [2.05, 4.69) is 4.98 Å². The average Bonchev–Trinajstić information content (AvgIpc) is 3.11. The Kier molecular flexibility index (Phi) is 5.84. The fourth-order valence-corrected chi connectivity index (χ4v) is 3.71. The van der Waals surface area contributed by atoms with E-state index in [1.165, 1.54) is 36.5 Å². The van der Waals surface area contributed by atoms with E-state index < -0.39 is 11.8 Å². The van der Waals surface area contributed by atoms with E-state index in [4.69, 9.17) is 4.74 Å². The summed E-state index contributed by atoms with van der Waals surface area (Å²) in [6.45, 7) is 5.24. The van der Waals surface area contributed by atoms with E-state index in [1.54, 1.807) is 16.3 Å². The molecule has 1 amide bonds. The molecule has 0 fully saturated rings. The zero-order valence-electron chi connectivity index (χ0n) is 15.7. The third-order valence-electron chi connectivity index (χ3n) is 4.15. The van der Waals surface area contributed by atoms with Gasteiger partial charge in [-0.15, -0.1) is 11.3 Å². The molecule has 0 atom stereocenters.